The lowest BCUT2D eigenvalue weighted by atomic mass is 9.88. The van der Waals surface area contributed by atoms with Gasteiger partial charge in [0.15, 0.2) is 0 Å². The van der Waals surface area contributed by atoms with Crippen molar-refractivity contribution in [1.82, 2.24) is 5.32 Å². The predicted octanol–water partition coefficient (Wildman–Crippen LogP) is 6.07. The molecule has 5 nitrogen and oxygen atoms in total. The summed E-state index contributed by atoms with van der Waals surface area (Å²) in [5.74, 6) is -0.176. The molecule has 3 aromatic carbocycles. The number of benzene rings is 3. The summed E-state index contributed by atoms with van der Waals surface area (Å²) in [6.07, 6.45) is 6.65. The number of nitrogens with one attached hydrogen (secondary N) is 1. The van der Waals surface area contributed by atoms with Crippen molar-refractivity contribution in [2.45, 2.75) is 51.6 Å². The second-order valence-corrected chi connectivity index (χ2v) is 11.5. The molecule has 0 spiro atoms. The van der Waals surface area contributed by atoms with E-state index in [4.69, 9.17) is 11.6 Å². The summed E-state index contributed by atoms with van der Waals surface area (Å²) in [6.45, 7) is 2.24. The van der Waals surface area contributed by atoms with E-state index in [0.717, 1.165) is 30.4 Å². The Morgan fingerprint density at radius 3 is 2.26 bits per heavy atom. The van der Waals surface area contributed by atoms with Crippen molar-refractivity contribution in [3.05, 3.63) is 99.6 Å². The molecule has 4 rings (SSSR count). The predicted molar refractivity (Wildman–Crippen MR) is 143 cm³/mol. The Kier molecular flexibility index (Phi) is 7.82. The highest BCUT2D eigenvalue weighted by Crippen LogP contribution is 2.27. The normalized spacial score (nSPS) is 14.1. The fraction of sp³-hybridized carbons (Fsp3) is 0.321. The minimum Gasteiger partial charge on any atom is -0.345 e. The third kappa shape index (κ3) is 6.24. The monoisotopic (exact) mass is 510 g/mol. The van der Waals surface area contributed by atoms with Crippen molar-refractivity contribution in [3.8, 4) is 0 Å². The molecule has 7 heteroatoms. The minimum atomic E-state index is -3.53. The maximum atomic E-state index is 13.0. The molecule has 1 atom stereocenters. The number of anilines is 1. The summed E-state index contributed by atoms with van der Waals surface area (Å²) in [7, 11) is -3.53. The van der Waals surface area contributed by atoms with Gasteiger partial charge in [-0.1, -0.05) is 48.9 Å². The SMILES string of the molecule is CC[C@H](NC(=O)c1ccc(N(Cc2ccc(Cl)cc2)S(C)(=O)=O)cc1)c1ccc2c(c1)CCCC2. The summed E-state index contributed by atoms with van der Waals surface area (Å²) >= 11 is 5.95. The number of carbonyl (C=O) groups is 1. The molecule has 0 aromatic heterocycles. The average Bonchev–Trinajstić information content (AvgIpc) is 2.86. The van der Waals surface area contributed by atoms with Crippen LogP contribution in [-0.4, -0.2) is 20.6 Å². The van der Waals surface area contributed by atoms with Gasteiger partial charge >= 0.3 is 0 Å². The number of nitrogens with zero attached hydrogens (tertiary/aromatic N) is 1. The van der Waals surface area contributed by atoms with Gasteiger partial charge in [-0.3, -0.25) is 9.10 Å². The van der Waals surface area contributed by atoms with Crippen LogP contribution in [-0.2, 0) is 29.4 Å². The first-order valence-corrected chi connectivity index (χ1v) is 14.2. The van der Waals surface area contributed by atoms with Crippen LogP contribution in [0.25, 0.3) is 0 Å². The van der Waals surface area contributed by atoms with Crippen molar-refractivity contribution >= 4 is 33.2 Å². The van der Waals surface area contributed by atoms with E-state index in [9.17, 15) is 13.2 Å². The smallest absolute Gasteiger partial charge is 0.251 e. The highest BCUT2D eigenvalue weighted by Gasteiger charge is 2.20. The maximum absolute atomic E-state index is 13.0. The standard InChI is InChI=1S/C28H31ClN2O3S/c1-3-27(24-11-10-21-6-4-5-7-23(21)18-24)30-28(32)22-12-16-26(17-13-22)31(35(2,33)34)19-20-8-14-25(29)15-9-20/h8-18,27H,3-7,19H2,1-2H3,(H,30,32)/t27-/m0/s1. The largest absolute Gasteiger partial charge is 0.345 e. The second kappa shape index (κ2) is 10.8. The zero-order chi connectivity index (χ0) is 25.0. The molecule has 184 valence electrons. The van der Waals surface area contributed by atoms with E-state index in [1.54, 1.807) is 48.5 Å². The van der Waals surface area contributed by atoms with Crippen LogP contribution in [0.15, 0.2) is 66.7 Å². The van der Waals surface area contributed by atoms with Crippen molar-refractivity contribution in [1.29, 1.82) is 0 Å². The molecule has 0 fully saturated rings. The lowest BCUT2D eigenvalue weighted by Crippen LogP contribution is -2.30. The Hall–Kier alpha value is -2.83. The zero-order valence-electron chi connectivity index (χ0n) is 20.1. The van der Waals surface area contributed by atoms with Gasteiger partial charge in [-0.05, 0) is 90.8 Å². The first-order chi connectivity index (χ1) is 16.7. The van der Waals surface area contributed by atoms with Crippen molar-refractivity contribution in [3.63, 3.8) is 0 Å². The van der Waals surface area contributed by atoms with Crippen LogP contribution in [0.2, 0.25) is 5.02 Å². The summed E-state index contributed by atoms with van der Waals surface area (Å²) in [4.78, 5) is 13.0. The number of hydrogen-bond donors (Lipinski definition) is 1. The second-order valence-electron chi connectivity index (χ2n) is 9.11. The van der Waals surface area contributed by atoms with E-state index in [1.165, 1.54) is 34.5 Å². The number of amides is 1. The average molecular weight is 511 g/mol. The Bertz CT molecular complexity index is 1290. The number of fused-ring (bicyclic) bond motifs is 1. The Morgan fingerprint density at radius 2 is 1.63 bits per heavy atom. The lowest BCUT2D eigenvalue weighted by Gasteiger charge is -2.23. The highest BCUT2D eigenvalue weighted by molar-refractivity contribution is 7.92. The molecular weight excluding hydrogens is 480 g/mol. The molecule has 0 radical (unpaired) electrons. The van der Waals surface area contributed by atoms with Crippen LogP contribution in [0.4, 0.5) is 5.69 Å². The quantitative estimate of drug-likeness (QED) is 0.400. The topological polar surface area (TPSA) is 66.5 Å². The van der Waals surface area contributed by atoms with E-state index >= 15 is 0 Å². The van der Waals surface area contributed by atoms with E-state index in [-0.39, 0.29) is 18.5 Å². The molecule has 0 unspecified atom stereocenters. The molecule has 1 N–H and O–H groups in total. The molecule has 1 aliphatic rings. The first-order valence-electron chi connectivity index (χ1n) is 12.0. The van der Waals surface area contributed by atoms with E-state index in [1.807, 2.05) is 0 Å². The number of halogens is 1. The molecule has 0 aliphatic heterocycles. The first kappa shape index (κ1) is 25.3. The molecular formula is C28H31ClN2O3S. The van der Waals surface area contributed by atoms with E-state index in [2.05, 4.69) is 30.4 Å². The molecule has 3 aromatic rings. The summed E-state index contributed by atoms with van der Waals surface area (Å²) in [5, 5.41) is 3.74. The van der Waals surface area contributed by atoms with Gasteiger partial charge in [-0.15, -0.1) is 0 Å². The zero-order valence-corrected chi connectivity index (χ0v) is 21.7. The van der Waals surface area contributed by atoms with Crippen molar-refractivity contribution < 1.29 is 13.2 Å². The third-order valence-electron chi connectivity index (χ3n) is 6.55. The van der Waals surface area contributed by atoms with Gasteiger partial charge < -0.3 is 5.32 Å². The van der Waals surface area contributed by atoms with E-state index < -0.39 is 10.0 Å². The molecule has 0 heterocycles. The lowest BCUT2D eigenvalue weighted by molar-refractivity contribution is 0.0935. The summed E-state index contributed by atoms with van der Waals surface area (Å²) in [6, 6.07) is 20.2. The van der Waals surface area contributed by atoms with Crippen LogP contribution in [0.3, 0.4) is 0 Å². The Labute approximate surface area is 213 Å². The van der Waals surface area contributed by atoms with Gasteiger partial charge in [0.25, 0.3) is 5.91 Å². The molecule has 0 saturated heterocycles. The summed E-state index contributed by atoms with van der Waals surface area (Å²) < 4.78 is 26.3. The van der Waals surface area contributed by atoms with Crippen LogP contribution >= 0.6 is 11.6 Å². The van der Waals surface area contributed by atoms with Gasteiger partial charge in [-0.2, -0.15) is 0 Å². The number of aryl methyl sites for hydroxylation is 2. The Balaban J connectivity index is 1.49. The third-order valence-corrected chi connectivity index (χ3v) is 7.94. The Morgan fingerprint density at radius 1 is 0.971 bits per heavy atom. The maximum Gasteiger partial charge on any atom is 0.251 e. The molecule has 0 bridgehead atoms. The van der Waals surface area contributed by atoms with Crippen molar-refractivity contribution in [2.24, 2.45) is 0 Å². The summed E-state index contributed by atoms with van der Waals surface area (Å²) in [5.41, 5.74) is 5.76. The van der Waals surface area contributed by atoms with Gasteiger partial charge in [0.2, 0.25) is 10.0 Å². The van der Waals surface area contributed by atoms with Crippen LogP contribution in [0, 0.1) is 0 Å². The molecule has 1 amide bonds. The van der Waals surface area contributed by atoms with Gasteiger partial charge in [0, 0.05) is 10.6 Å². The van der Waals surface area contributed by atoms with Gasteiger partial charge in [0.1, 0.15) is 0 Å². The fourth-order valence-electron chi connectivity index (χ4n) is 4.57. The van der Waals surface area contributed by atoms with Gasteiger partial charge in [-0.25, -0.2) is 8.42 Å². The minimum absolute atomic E-state index is 0.0770. The molecule has 35 heavy (non-hydrogen) atoms. The van der Waals surface area contributed by atoms with Crippen molar-refractivity contribution in [2.75, 3.05) is 10.6 Å². The number of hydrogen-bond acceptors (Lipinski definition) is 3. The van der Waals surface area contributed by atoms with E-state index in [0.29, 0.717) is 16.3 Å². The van der Waals surface area contributed by atoms with Crippen LogP contribution in [0.1, 0.15) is 64.8 Å². The highest BCUT2D eigenvalue weighted by atomic mass is 35.5. The fourth-order valence-corrected chi connectivity index (χ4v) is 5.58. The number of rotatable bonds is 8. The number of carbonyl (C=O) groups excluding carboxylic acids is 1. The number of sulfonamides is 1. The molecule has 1 aliphatic carbocycles. The van der Waals surface area contributed by atoms with Gasteiger partial charge in [0.05, 0.1) is 24.5 Å². The van der Waals surface area contributed by atoms with Crippen LogP contribution < -0.4 is 9.62 Å². The van der Waals surface area contributed by atoms with Crippen LogP contribution in [0.5, 0.6) is 0 Å². The molecule has 0 saturated carbocycles.